The smallest absolute Gasteiger partial charge is 0.374 e. The fraction of sp³-hybridized carbons (Fsp3) is 0.917. The molecule has 0 amide bonds. The van der Waals surface area contributed by atoms with Crippen LogP contribution in [-0.4, -0.2) is 67.5 Å². The SMILES string of the molecule is CCO[Si](CCCC(CCCC(=O)S)(CCC[Si](OCC)(OCC)OCC)C(=O)S)(OCC)OCC. The molecule has 0 aromatic heterocycles. The van der Waals surface area contributed by atoms with E-state index in [1.165, 1.54) is 0 Å². The molecule has 8 nitrogen and oxygen atoms in total. The predicted octanol–water partition coefficient (Wildman–Crippen LogP) is 5.71. The van der Waals surface area contributed by atoms with Gasteiger partial charge in [0.2, 0.25) is 0 Å². The van der Waals surface area contributed by atoms with Gasteiger partial charge in [0, 0.05) is 63.6 Å². The van der Waals surface area contributed by atoms with Crippen LogP contribution in [0.1, 0.15) is 86.5 Å². The van der Waals surface area contributed by atoms with E-state index in [-0.39, 0.29) is 10.2 Å². The van der Waals surface area contributed by atoms with E-state index in [0.717, 1.165) is 0 Å². The summed E-state index contributed by atoms with van der Waals surface area (Å²) in [5.74, 6) is 0. The summed E-state index contributed by atoms with van der Waals surface area (Å²) in [4.78, 5) is 24.5. The quantitative estimate of drug-likeness (QED) is 0.104. The van der Waals surface area contributed by atoms with Crippen molar-refractivity contribution in [3.05, 3.63) is 0 Å². The zero-order chi connectivity index (χ0) is 27.5. The summed E-state index contributed by atoms with van der Waals surface area (Å²) in [6.07, 6.45) is 4.04. The second-order valence-electron chi connectivity index (χ2n) is 8.50. The number of rotatable bonds is 25. The molecule has 0 rings (SSSR count). The van der Waals surface area contributed by atoms with Crippen LogP contribution < -0.4 is 0 Å². The lowest BCUT2D eigenvalue weighted by Gasteiger charge is -2.34. The number of hydrogen-bond donors (Lipinski definition) is 2. The molecule has 36 heavy (non-hydrogen) atoms. The summed E-state index contributed by atoms with van der Waals surface area (Å²) in [6, 6.07) is 1.23. The van der Waals surface area contributed by atoms with Crippen LogP contribution in [0.5, 0.6) is 0 Å². The molecule has 0 saturated carbocycles. The van der Waals surface area contributed by atoms with Crippen molar-refractivity contribution < 1.29 is 36.1 Å². The lowest BCUT2D eigenvalue weighted by Crippen LogP contribution is -2.46. The van der Waals surface area contributed by atoms with Gasteiger partial charge in [-0.2, -0.15) is 0 Å². The highest BCUT2D eigenvalue weighted by Crippen LogP contribution is 2.41. The van der Waals surface area contributed by atoms with Crippen LogP contribution in [0.3, 0.4) is 0 Å². The molecule has 0 N–H and O–H groups in total. The van der Waals surface area contributed by atoms with Gasteiger partial charge in [-0.25, -0.2) is 0 Å². The largest absolute Gasteiger partial charge is 0.500 e. The molecule has 12 heteroatoms. The third kappa shape index (κ3) is 13.3. The van der Waals surface area contributed by atoms with E-state index in [4.69, 9.17) is 26.6 Å². The minimum absolute atomic E-state index is 0.165. The van der Waals surface area contributed by atoms with Crippen molar-refractivity contribution >= 4 is 53.1 Å². The Morgan fingerprint density at radius 2 is 0.889 bits per heavy atom. The molecular weight excluding hydrogens is 537 g/mol. The molecule has 0 atom stereocenters. The molecular formula is C24H50O8S2Si2. The fourth-order valence-corrected chi connectivity index (χ4v) is 10.3. The van der Waals surface area contributed by atoms with Crippen molar-refractivity contribution in [1.29, 1.82) is 0 Å². The van der Waals surface area contributed by atoms with Gasteiger partial charge in [-0.05, 0) is 80.1 Å². The third-order valence-electron chi connectivity index (χ3n) is 5.96. The second-order valence-corrected chi connectivity index (χ2v) is 14.9. The monoisotopic (exact) mass is 586 g/mol. The standard InChI is InChI=1S/C24H50O8S2Si2/c1-7-27-35(28-8-2,29-9-3)20-14-18-24(23(26)34,17-13-16-22(25)33)19-15-21-36(30-10-4,31-11-5)32-12-6/h7-21H2,1-6H3,(H,25,33)(H,26,34). The molecule has 0 aliphatic rings. The summed E-state index contributed by atoms with van der Waals surface area (Å²) in [5, 5.41) is -0.344. The highest BCUT2D eigenvalue weighted by Gasteiger charge is 2.44. The third-order valence-corrected chi connectivity index (χ3v) is 13.0. The van der Waals surface area contributed by atoms with Crippen LogP contribution in [0.4, 0.5) is 0 Å². The van der Waals surface area contributed by atoms with Crippen molar-refractivity contribution in [1.82, 2.24) is 0 Å². The molecule has 0 heterocycles. The van der Waals surface area contributed by atoms with Gasteiger partial charge in [-0.1, -0.05) is 0 Å². The molecule has 0 spiro atoms. The van der Waals surface area contributed by atoms with Gasteiger partial charge in [-0.15, -0.1) is 25.3 Å². The zero-order valence-electron chi connectivity index (χ0n) is 23.3. The molecule has 0 fully saturated rings. The summed E-state index contributed by atoms with van der Waals surface area (Å²) < 4.78 is 36.0. The van der Waals surface area contributed by atoms with Gasteiger partial charge < -0.3 is 26.6 Å². The van der Waals surface area contributed by atoms with E-state index in [1.807, 2.05) is 41.5 Å². The Bertz CT molecular complexity index is 547. The van der Waals surface area contributed by atoms with Crippen LogP contribution >= 0.6 is 25.3 Å². The first-order valence-corrected chi connectivity index (χ1v) is 18.2. The topological polar surface area (TPSA) is 89.5 Å². The number of carbonyl (C=O) groups excluding carboxylic acids is 2. The Morgan fingerprint density at radius 1 is 0.583 bits per heavy atom. The van der Waals surface area contributed by atoms with Crippen LogP contribution in [0, 0.1) is 5.41 Å². The predicted molar refractivity (Wildman–Crippen MR) is 154 cm³/mol. The molecule has 0 saturated heterocycles. The molecule has 0 aromatic carbocycles. The highest BCUT2D eigenvalue weighted by atomic mass is 32.1. The lowest BCUT2D eigenvalue weighted by molar-refractivity contribution is -0.121. The van der Waals surface area contributed by atoms with E-state index >= 15 is 0 Å². The van der Waals surface area contributed by atoms with Gasteiger partial charge in [0.15, 0.2) is 10.2 Å². The lowest BCUT2D eigenvalue weighted by atomic mass is 9.76. The molecule has 0 aliphatic heterocycles. The van der Waals surface area contributed by atoms with E-state index in [2.05, 4.69) is 25.3 Å². The van der Waals surface area contributed by atoms with Crippen molar-refractivity contribution in [2.75, 3.05) is 39.6 Å². The Hall–Kier alpha value is 0.234. The van der Waals surface area contributed by atoms with Gasteiger partial charge in [0.05, 0.1) is 0 Å². The molecule has 0 unspecified atom stereocenters. The molecule has 0 aliphatic carbocycles. The Labute approximate surface area is 232 Å². The average molecular weight is 587 g/mol. The maximum atomic E-state index is 13.0. The van der Waals surface area contributed by atoms with Crippen LogP contribution in [0.15, 0.2) is 0 Å². The minimum Gasteiger partial charge on any atom is -0.374 e. The summed E-state index contributed by atoms with van der Waals surface area (Å²) in [6.45, 7) is 14.6. The Morgan fingerprint density at radius 3 is 1.14 bits per heavy atom. The summed E-state index contributed by atoms with van der Waals surface area (Å²) >= 11 is 8.24. The normalized spacial score (nSPS) is 12.8. The van der Waals surface area contributed by atoms with Crippen molar-refractivity contribution in [2.45, 2.75) is 98.6 Å². The van der Waals surface area contributed by atoms with Crippen LogP contribution in [-0.2, 0) is 36.1 Å². The number of thiol groups is 2. The minimum atomic E-state index is -2.83. The van der Waals surface area contributed by atoms with E-state index in [9.17, 15) is 9.59 Å². The number of hydrogen-bond acceptors (Lipinski definition) is 8. The first-order valence-electron chi connectivity index (χ1n) is 13.4. The van der Waals surface area contributed by atoms with Crippen molar-refractivity contribution in [2.24, 2.45) is 5.41 Å². The van der Waals surface area contributed by atoms with E-state index < -0.39 is 23.0 Å². The summed E-state index contributed by atoms with van der Waals surface area (Å²) in [5.41, 5.74) is -0.693. The van der Waals surface area contributed by atoms with E-state index in [0.29, 0.717) is 96.7 Å². The second kappa shape index (κ2) is 20.2. The van der Waals surface area contributed by atoms with E-state index in [1.54, 1.807) is 0 Å². The maximum absolute atomic E-state index is 13.0. The van der Waals surface area contributed by atoms with Crippen LogP contribution in [0.2, 0.25) is 12.1 Å². The molecule has 0 bridgehead atoms. The van der Waals surface area contributed by atoms with Gasteiger partial charge in [0.25, 0.3) is 0 Å². The van der Waals surface area contributed by atoms with Crippen LogP contribution in [0.25, 0.3) is 0 Å². The number of carbonyl (C=O) groups is 2. The average Bonchev–Trinajstić information content (AvgIpc) is 2.79. The first-order chi connectivity index (χ1) is 17.1. The fourth-order valence-electron chi connectivity index (χ4n) is 4.56. The van der Waals surface area contributed by atoms with Crippen molar-refractivity contribution in [3.8, 4) is 0 Å². The maximum Gasteiger partial charge on any atom is 0.500 e. The van der Waals surface area contributed by atoms with Gasteiger partial charge >= 0.3 is 17.6 Å². The Kier molecular flexibility index (Phi) is 20.3. The molecule has 214 valence electrons. The zero-order valence-corrected chi connectivity index (χ0v) is 27.1. The summed E-state index contributed by atoms with van der Waals surface area (Å²) in [7, 11) is -5.66. The first kappa shape index (κ1) is 36.2. The molecule has 0 aromatic rings. The Balaban J connectivity index is 5.69. The van der Waals surface area contributed by atoms with Gasteiger partial charge in [0.1, 0.15) is 0 Å². The highest BCUT2D eigenvalue weighted by molar-refractivity contribution is 7.96. The molecule has 0 radical (unpaired) electrons. The van der Waals surface area contributed by atoms with Gasteiger partial charge in [-0.3, -0.25) is 9.59 Å². The van der Waals surface area contributed by atoms with Crippen molar-refractivity contribution in [3.63, 3.8) is 0 Å².